The number of aromatic nitrogens is 2. The molecule has 1 heterocycles. The largest absolute Gasteiger partial charge is 0.481 e. The Morgan fingerprint density at radius 2 is 2.00 bits per heavy atom. The highest BCUT2D eigenvalue weighted by Crippen LogP contribution is 2.15. The molecule has 8 heteroatoms. The fourth-order valence-corrected chi connectivity index (χ4v) is 2.73. The van der Waals surface area contributed by atoms with Crippen molar-refractivity contribution in [1.82, 2.24) is 14.7 Å². The van der Waals surface area contributed by atoms with Gasteiger partial charge in [-0.15, -0.1) is 0 Å². The second-order valence-corrected chi connectivity index (χ2v) is 6.62. The summed E-state index contributed by atoms with van der Waals surface area (Å²) in [5.74, 6) is -2.35. The summed E-state index contributed by atoms with van der Waals surface area (Å²) >= 11 is 0. The van der Waals surface area contributed by atoms with Gasteiger partial charge in [0.15, 0.2) is 5.69 Å². The van der Waals surface area contributed by atoms with E-state index in [4.69, 9.17) is 4.74 Å². The van der Waals surface area contributed by atoms with Crippen LogP contribution < -0.4 is 0 Å². The molecular weight excluding hydrogens is 365 g/mol. The molecule has 1 N–H and O–H groups in total. The lowest BCUT2D eigenvalue weighted by atomic mass is 10.1. The van der Waals surface area contributed by atoms with Crippen LogP contribution in [0.4, 0.5) is 4.39 Å². The van der Waals surface area contributed by atoms with E-state index in [1.54, 1.807) is 32.2 Å². The van der Waals surface area contributed by atoms with Crippen molar-refractivity contribution in [1.29, 1.82) is 0 Å². The fourth-order valence-electron chi connectivity index (χ4n) is 2.73. The zero-order valence-corrected chi connectivity index (χ0v) is 16.4. The number of benzene rings is 1. The smallest absolute Gasteiger partial charge is 0.308 e. The topological polar surface area (TPSA) is 84.7 Å². The third-order valence-corrected chi connectivity index (χ3v) is 4.31. The first-order valence-electron chi connectivity index (χ1n) is 9.25. The average Bonchev–Trinajstić information content (AvgIpc) is 3.05. The summed E-state index contributed by atoms with van der Waals surface area (Å²) in [7, 11) is 0. The van der Waals surface area contributed by atoms with E-state index in [1.807, 2.05) is 6.92 Å². The predicted octanol–water partition coefficient (Wildman–Crippen LogP) is 2.91. The van der Waals surface area contributed by atoms with Crippen molar-refractivity contribution in [2.45, 2.75) is 27.2 Å². The van der Waals surface area contributed by atoms with E-state index in [0.29, 0.717) is 37.4 Å². The van der Waals surface area contributed by atoms with Gasteiger partial charge in [-0.1, -0.05) is 6.92 Å². The third-order valence-electron chi connectivity index (χ3n) is 4.31. The second kappa shape index (κ2) is 9.98. The van der Waals surface area contributed by atoms with Crippen LogP contribution in [-0.2, 0) is 9.53 Å². The molecule has 2 rings (SSSR count). The highest BCUT2D eigenvalue weighted by atomic mass is 19.1. The van der Waals surface area contributed by atoms with Gasteiger partial charge in [0.05, 0.1) is 11.6 Å². The summed E-state index contributed by atoms with van der Waals surface area (Å²) in [6.07, 6.45) is 2.29. The van der Waals surface area contributed by atoms with Gasteiger partial charge in [0.1, 0.15) is 5.82 Å². The number of hydrogen-bond acceptors (Lipinski definition) is 4. The molecule has 1 amide bonds. The Labute approximate surface area is 163 Å². The quantitative estimate of drug-likeness (QED) is 0.630. The molecule has 2 aromatic rings. The van der Waals surface area contributed by atoms with E-state index >= 15 is 0 Å². The summed E-state index contributed by atoms with van der Waals surface area (Å²) in [6, 6.07) is 5.79. The van der Waals surface area contributed by atoms with Crippen molar-refractivity contribution >= 4 is 11.9 Å². The van der Waals surface area contributed by atoms with E-state index in [1.165, 1.54) is 21.7 Å². The molecular formula is C20H26FN3O4. The van der Waals surface area contributed by atoms with E-state index in [2.05, 4.69) is 5.10 Å². The molecule has 28 heavy (non-hydrogen) atoms. The summed E-state index contributed by atoms with van der Waals surface area (Å²) in [5, 5.41) is 13.6. The zero-order valence-electron chi connectivity index (χ0n) is 16.4. The molecule has 7 nitrogen and oxygen atoms in total. The summed E-state index contributed by atoms with van der Waals surface area (Å²) < 4.78 is 20.0. The van der Waals surface area contributed by atoms with Gasteiger partial charge in [0.2, 0.25) is 0 Å². The van der Waals surface area contributed by atoms with Gasteiger partial charge in [-0.3, -0.25) is 9.59 Å². The van der Waals surface area contributed by atoms with Crippen LogP contribution in [0.1, 0.15) is 36.3 Å². The van der Waals surface area contributed by atoms with Crippen molar-refractivity contribution in [2.75, 3.05) is 26.3 Å². The molecule has 0 aliphatic heterocycles. The Kier molecular flexibility index (Phi) is 7.69. The van der Waals surface area contributed by atoms with Crippen molar-refractivity contribution in [3.05, 3.63) is 47.5 Å². The number of rotatable bonds is 10. The summed E-state index contributed by atoms with van der Waals surface area (Å²) in [4.78, 5) is 25.8. The second-order valence-electron chi connectivity index (χ2n) is 6.62. The number of nitrogens with zero attached hydrogens (tertiary/aromatic N) is 3. The van der Waals surface area contributed by atoms with Crippen LogP contribution in [0.25, 0.3) is 5.69 Å². The van der Waals surface area contributed by atoms with E-state index in [9.17, 15) is 19.1 Å². The molecule has 0 spiro atoms. The number of carbonyl (C=O) groups is 2. The van der Waals surface area contributed by atoms with Crippen LogP contribution in [-0.4, -0.2) is 58.0 Å². The first kappa shape index (κ1) is 21.6. The fraction of sp³-hybridized carbons (Fsp3) is 0.450. The maximum atomic E-state index is 13.1. The van der Waals surface area contributed by atoms with Crippen molar-refractivity contribution in [3.8, 4) is 5.69 Å². The van der Waals surface area contributed by atoms with E-state index in [0.717, 1.165) is 0 Å². The number of carboxylic acid groups (broad SMARTS) is 1. The SMILES string of the molecule is CCOCCCN(CC(C)C(=O)O)C(=O)c1nn(-c2ccc(F)cc2)cc1C. The number of amides is 1. The van der Waals surface area contributed by atoms with Gasteiger partial charge >= 0.3 is 5.97 Å². The van der Waals surface area contributed by atoms with Crippen LogP contribution in [0.15, 0.2) is 30.5 Å². The average molecular weight is 391 g/mol. The molecule has 0 bridgehead atoms. The first-order chi connectivity index (χ1) is 13.3. The molecule has 0 aliphatic rings. The van der Waals surface area contributed by atoms with E-state index < -0.39 is 11.9 Å². The Morgan fingerprint density at radius 1 is 1.32 bits per heavy atom. The van der Waals surface area contributed by atoms with Gasteiger partial charge in [0.25, 0.3) is 5.91 Å². The van der Waals surface area contributed by atoms with Crippen molar-refractivity contribution in [3.63, 3.8) is 0 Å². The summed E-state index contributed by atoms with van der Waals surface area (Å²) in [6.45, 7) is 6.75. The maximum Gasteiger partial charge on any atom is 0.308 e. The van der Waals surface area contributed by atoms with Gasteiger partial charge in [0, 0.05) is 38.1 Å². The summed E-state index contributed by atoms with van der Waals surface area (Å²) in [5.41, 5.74) is 1.54. The molecule has 0 saturated carbocycles. The minimum absolute atomic E-state index is 0.0864. The Balaban J connectivity index is 2.21. The van der Waals surface area contributed by atoms with Gasteiger partial charge in [-0.25, -0.2) is 9.07 Å². The van der Waals surface area contributed by atoms with Crippen LogP contribution >= 0.6 is 0 Å². The van der Waals surface area contributed by atoms with Crippen molar-refractivity contribution in [2.24, 2.45) is 5.92 Å². The normalized spacial score (nSPS) is 12.0. The minimum Gasteiger partial charge on any atom is -0.481 e. The lowest BCUT2D eigenvalue weighted by molar-refractivity contribution is -0.141. The van der Waals surface area contributed by atoms with E-state index in [-0.39, 0.29) is 24.0 Å². The highest BCUT2D eigenvalue weighted by molar-refractivity contribution is 5.94. The maximum absolute atomic E-state index is 13.1. The molecule has 1 atom stereocenters. The number of halogens is 1. The molecule has 0 radical (unpaired) electrons. The first-order valence-corrected chi connectivity index (χ1v) is 9.25. The molecule has 1 aromatic carbocycles. The number of aryl methyl sites for hydroxylation is 1. The lowest BCUT2D eigenvalue weighted by Gasteiger charge is -2.24. The lowest BCUT2D eigenvalue weighted by Crippen LogP contribution is -2.38. The molecule has 0 saturated heterocycles. The van der Waals surface area contributed by atoms with Crippen LogP contribution in [0, 0.1) is 18.7 Å². The van der Waals surface area contributed by atoms with Gasteiger partial charge in [-0.05, 0) is 44.5 Å². The molecule has 152 valence electrons. The Hall–Kier alpha value is -2.74. The Morgan fingerprint density at radius 3 is 2.61 bits per heavy atom. The predicted molar refractivity (Wildman–Crippen MR) is 102 cm³/mol. The number of carboxylic acids is 1. The number of hydrogen-bond donors (Lipinski definition) is 1. The monoisotopic (exact) mass is 391 g/mol. The Bertz CT molecular complexity index is 804. The van der Waals surface area contributed by atoms with Gasteiger partial charge < -0.3 is 14.7 Å². The van der Waals surface area contributed by atoms with Crippen molar-refractivity contribution < 1.29 is 23.8 Å². The standard InChI is InChI=1S/C20H26FN3O4/c1-4-28-11-5-10-23(12-15(3)20(26)27)19(25)18-14(2)13-24(22-18)17-8-6-16(21)7-9-17/h6-9,13,15H,4-5,10-12H2,1-3H3,(H,26,27). The minimum atomic E-state index is -0.962. The number of aliphatic carboxylic acids is 1. The van der Waals surface area contributed by atoms with Crippen LogP contribution in [0.5, 0.6) is 0 Å². The zero-order chi connectivity index (χ0) is 20.7. The molecule has 1 aromatic heterocycles. The van der Waals surface area contributed by atoms with Gasteiger partial charge in [-0.2, -0.15) is 5.10 Å². The molecule has 1 unspecified atom stereocenters. The molecule has 0 fully saturated rings. The van der Waals surface area contributed by atoms with Crippen LogP contribution in [0.2, 0.25) is 0 Å². The highest BCUT2D eigenvalue weighted by Gasteiger charge is 2.25. The number of ether oxygens (including phenoxy) is 1. The van der Waals surface area contributed by atoms with Crippen LogP contribution in [0.3, 0.4) is 0 Å². The third kappa shape index (κ3) is 5.63. The molecule has 0 aliphatic carbocycles. The number of carbonyl (C=O) groups excluding carboxylic acids is 1.